The number of rotatable bonds is 5. The van der Waals surface area contributed by atoms with E-state index in [0.717, 1.165) is 33.9 Å². The molecule has 0 aliphatic carbocycles. The molecule has 1 aromatic heterocycles. The van der Waals surface area contributed by atoms with Gasteiger partial charge in [-0.2, -0.15) is 0 Å². The van der Waals surface area contributed by atoms with E-state index >= 15 is 0 Å². The highest BCUT2D eigenvalue weighted by atomic mass is 31.1. The number of aromatic nitrogens is 3. The average molecular weight is 426 g/mol. The number of ether oxygens (including phenoxy) is 2. The lowest BCUT2D eigenvalue weighted by Crippen LogP contribution is -2.32. The maximum atomic E-state index is 5.77. The summed E-state index contributed by atoms with van der Waals surface area (Å²) >= 11 is 0. The van der Waals surface area contributed by atoms with Crippen LogP contribution in [0.25, 0.3) is 16.9 Å². The smallest absolute Gasteiger partial charge is 0.132 e. The zero-order valence-electron chi connectivity index (χ0n) is 19.2. The van der Waals surface area contributed by atoms with Crippen LogP contribution in [0.3, 0.4) is 0 Å². The number of benzene rings is 2. The normalized spacial score (nSPS) is 12.3. The number of methoxy groups -OCH3 is 2. The minimum Gasteiger partial charge on any atom is -0.496 e. The summed E-state index contributed by atoms with van der Waals surface area (Å²) in [6.07, 6.45) is 0. The van der Waals surface area contributed by atoms with Crippen molar-refractivity contribution in [2.75, 3.05) is 14.2 Å². The van der Waals surface area contributed by atoms with Gasteiger partial charge in [0.05, 0.1) is 25.5 Å². The monoisotopic (exact) mass is 425 g/mol. The summed E-state index contributed by atoms with van der Waals surface area (Å²) < 4.78 is 13.5. The lowest BCUT2D eigenvalue weighted by molar-refractivity contribution is 0.397. The summed E-state index contributed by atoms with van der Waals surface area (Å²) in [4.78, 5) is 0. The Labute approximate surface area is 181 Å². The standard InChI is InChI=1S/C24H32N3O2P/c1-23(2,3)30(24(4,5)6)22-21(20-18(28-7)15-12-16-19(20)29-8)27(26-25-22)17-13-10-9-11-14-17/h9-16H,1-8H3. The van der Waals surface area contributed by atoms with Gasteiger partial charge in [0.15, 0.2) is 0 Å². The Kier molecular flexibility index (Phi) is 6.24. The van der Waals surface area contributed by atoms with Crippen molar-refractivity contribution in [1.29, 1.82) is 0 Å². The first kappa shape index (κ1) is 22.3. The van der Waals surface area contributed by atoms with Crippen LogP contribution in [0.4, 0.5) is 0 Å². The Morgan fingerprint density at radius 3 is 1.77 bits per heavy atom. The molecular formula is C24H32N3O2P. The summed E-state index contributed by atoms with van der Waals surface area (Å²) in [5.41, 5.74) is 3.78. The van der Waals surface area contributed by atoms with Crippen LogP contribution in [0.1, 0.15) is 41.5 Å². The Hall–Kier alpha value is -2.39. The van der Waals surface area contributed by atoms with E-state index in [1.165, 1.54) is 0 Å². The molecule has 3 rings (SSSR count). The molecule has 160 valence electrons. The molecular weight excluding hydrogens is 393 g/mol. The second kappa shape index (κ2) is 8.39. The molecule has 0 aliphatic heterocycles. The van der Waals surface area contributed by atoms with Crippen LogP contribution >= 0.6 is 7.92 Å². The number of nitrogens with zero attached hydrogens (tertiary/aromatic N) is 3. The van der Waals surface area contributed by atoms with Crippen LogP contribution in [0.2, 0.25) is 0 Å². The molecule has 6 heteroatoms. The van der Waals surface area contributed by atoms with E-state index in [1.54, 1.807) is 14.2 Å². The van der Waals surface area contributed by atoms with Crippen molar-refractivity contribution >= 4 is 13.4 Å². The van der Waals surface area contributed by atoms with Gasteiger partial charge >= 0.3 is 0 Å². The molecule has 0 fully saturated rings. The lowest BCUT2D eigenvalue weighted by Gasteiger charge is -2.40. The lowest BCUT2D eigenvalue weighted by atomic mass is 10.1. The number of hydrogen-bond donors (Lipinski definition) is 0. The van der Waals surface area contributed by atoms with Gasteiger partial charge in [-0.3, -0.25) is 0 Å². The largest absolute Gasteiger partial charge is 0.496 e. The number of hydrogen-bond acceptors (Lipinski definition) is 4. The average Bonchev–Trinajstić information content (AvgIpc) is 3.09. The van der Waals surface area contributed by atoms with Crippen molar-refractivity contribution in [3.63, 3.8) is 0 Å². The van der Waals surface area contributed by atoms with E-state index in [4.69, 9.17) is 14.6 Å². The summed E-state index contributed by atoms with van der Waals surface area (Å²) in [6.45, 7) is 13.7. The Morgan fingerprint density at radius 2 is 1.30 bits per heavy atom. The fourth-order valence-electron chi connectivity index (χ4n) is 4.12. The highest BCUT2D eigenvalue weighted by Gasteiger charge is 2.41. The van der Waals surface area contributed by atoms with Crippen molar-refractivity contribution in [2.24, 2.45) is 0 Å². The zero-order valence-corrected chi connectivity index (χ0v) is 20.1. The molecule has 0 aliphatic rings. The molecule has 0 radical (unpaired) electrons. The fraction of sp³-hybridized carbons (Fsp3) is 0.417. The molecule has 0 bridgehead atoms. The molecule has 0 unspecified atom stereocenters. The number of para-hydroxylation sites is 1. The molecule has 3 aromatic rings. The Morgan fingerprint density at radius 1 is 0.767 bits per heavy atom. The molecule has 0 saturated carbocycles. The van der Waals surface area contributed by atoms with Crippen molar-refractivity contribution in [2.45, 2.75) is 51.9 Å². The second-order valence-electron chi connectivity index (χ2n) is 9.22. The summed E-state index contributed by atoms with van der Waals surface area (Å²) in [5.74, 6) is 1.49. The third-order valence-electron chi connectivity index (χ3n) is 4.87. The first-order valence-corrected chi connectivity index (χ1v) is 11.5. The van der Waals surface area contributed by atoms with Crippen LogP contribution in [-0.4, -0.2) is 39.5 Å². The zero-order chi connectivity index (χ0) is 22.1. The van der Waals surface area contributed by atoms with Gasteiger partial charge in [0, 0.05) is 0 Å². The highest BCUT2D eigenvalue weighted by molar-refractivity contribution is 7.68. The van der Waals surface area contributed by atoms with Crippen molar-refractivity contribution in [1.82, 2.24) is 15.0 Å². The van der Waals surface area contributed by atoms with Gasteiger partial charge in [-0.05, 0) is 42.5 Å². The molecule has 0 saturated heterocycles. The summed E-state index contributed by atoms with van der Waals surface area (Å²) in [6, 6.07) is 16.0. The minimum atomic E-state index is -0.692. The summed E-state index contributed by atoms with van der Waals surface area (Å²) in [5, 5.41) is 9.49. The predicted octanol–water partition coefficient (Wildman–Crippen LogP) is 5.66. The van der Waals surface area contributed by atoms with Crippen LogP contribution in [-0.2, 0) is 0 Å². The van der Waals surface area contributed by atoms with E-state index < -0.39 is 7.92 Å². The highest BCUT2D eigenvalue weighted by Crippen LogP contribution is 2.59. The first-order valence-electron chi connectivity index (χ1n) is 10.1. The predicted molar refractivity (Wildman–Crippen MR) is 126 cm³/mol. The van der Waals surface area contributed by atoms with Crippen LogP contribution in [0.15, 0.2) is 48.5 Å². The molecule has 2 aromatic carbocycles. The van der Waals surface area contributed by atoms with E-state index in [-0.39, 0.29) is 10.3 Å². The van der Waals surface area contributed by atoms with Crippen molar-refractivity contribution < 1.29 is 9.47 Å². The van der Waals surface area contributed by atoms with E-state index in [0.29, 0.717) is 0 Å². The molecule has 0 atom stereocenters. The SMILES string of the molecule is COc1cccc(OC)c1-c1c(P(C(C)(C)C)C(C)(C)C)nnn1-c1ccccc1. The maximum Gasteiger partial charge on any atom is 0.132 e. The van der Waals surface area contributed by atoms with Gasteiger partial charge in [0.25, 0.3) is 0 Å². The van der Waals surface area contributed by atoms with Gasteiger partial charge in [-0.15, -0.1) is 5.10 Å². The van der Waals surface area contributed by atoms with E-state index in [2.05, 4.69) is 46.8 Å². The molecule has 30 heavy (non-hydrogen) atoms. The topological polar surface area (TPSA) is 49.2 Å². The molecule has 1 heterocycles. The molecule has 5 nitrogen and oxygen atoms in total. The Balaban J connectivity index is 2.43. The minimum absolute atomic E-state index is 0.0368. The molecule has 0 N–H and O–H groups in total. The van der Waals surface area contributed by atoms with Gasteiger partial charge in [0.2, 0.25) is 0 Å². The van der Waals surface area contributed by atoms with Gasteiger partial charge in [-0.1, -0.05) is 71.0 Å². The van der Waals surface area contributed by atoms with E-state index in [9.17, 15) is 0 Å². The van der Waals surface area contributed by atoms with Crippen LogP contribution < -0.4 is 14.9 Å². The second-order valence-corrected chi connectivity index (χ2v) is 13.0. The van der Waals surface area contributed by atoms with Crippen LogP contribution in [0, 0.1) is 0 Å². The maximum absolute atomic E-state index is 5.77. The van der Waals surface area contributed by atoms with Gasteiger partial charge in [0.1, 0.15) is 22.6 Å². The molecule has 0 amide bonds. The third kappa shape index (κ3) is 4.22. The van der Waals surface area contributed by atoms with Gasteiger partial charge in [-0.25, -0.2) is 4.68 Å². The van der Waals surface area contributed by atoms with Crippen molar-refractivity contribution in [3.05, 3.63) is 48.5 Å². The summed E-state index contributed by atoms with van der Waals surface area (Å²) in [7, 11) is 2.68. The quantitative estimate of drug-likeness (QED) is 0.495. The third-order valence-corrected chi connectivity index (χ3v) is 8.28. The first-order chi connectivity index (χ1) is 14.1. The van der Waals surface area contributed by atoms with Crippen LogP contribution in [0.5, 0.6) is 11.5 Å². The van der Waals surface area contributed by atoms with Crippen molar-refractivity contribution in [3.8, 4) is 28.4 Å². The Bertz CT molecular complexity index is 965. The van der Waals surface area contributed by atoms with E-state index in [1.807, 2.05) is 53.2 Å². The van der Waals surface area contributed by atoms with Gasteiger partial charge < -0.3 is 9.47 Å². The fourth-order valence-corrected chi connectivity index (χ4v) is 7.95. The molecule has 0 spiro atoms.